The molecule has 0 saturated carbocycles. The first-order chi connectivity index (χ1) is 20.4. The Hall–Kier alpha value is -4.78. The number of fused-ring (bicyclic) bond motifs is 3. The predicted molar refractivity (Wildman–Crippen MR) is 169 cm³/mol. The topological polar surface area (TPSA) is 106 Å². The maximum atomic E-state index is 14.7. The van der Waals surface area contributed by atoms with E-state index < -0.39 is 11.5 Å². The molecule has 0 radical (unpaired) electrons. The molecule has 42 heavy (non-hydrogen) atoms. The molecule has 0 fully saturated rings. The highest BCUT2D eigenvalue weighted by atomic mass is 16.2. The standard InChI is InChI=1S/C35H37N5O2/c1-22(2)16-17-36-33(41)32(18-23-19-37-29-13-7-4-10-24(23)29)40-34(42)35(3,27-20-38-30-14-8-5-11-25(27)30)28-21-39-31-15-9-6-12-26(28)31/h4-15,19-22,32,37-39H,16-18H2,1-3H3,(H,36,41)(H,40,42)/t32-/m0/s1. The summed E-state index contributed by atoms with van der Waals surface area (Å²) in [4.78, 5) is 38.4. The molecule has 7 nitrogen and oxygen atoms in total. The molecular formula is C35H37N5O2. The maximum Gasteiger partial charge on any atom is 0.242 e. The van der Waals surface area contributed by atoms with Gasteiger partial charge in [-0.25, -0.2) is 0 Å². The summed E-state index contributed by atoms with van der Waals surface area (Å²) in [5.74, 6) is 0.0364. The number of hydrogen-bond acceptors (Lipinski definition) is 2. The molecule has 2 amide bonds. The average molecular weight is 560 g/mol. The van der Waals surface area contributed by atoms with Crippen molar-refractivity contribution in [2.24, 2.45) is 5.92 Å². The normalized spacial score (nSPS) is 12.8. The van der Waals surface area contributed by atoms with Gasteiger partial charge in [0.05, 0.1) is 0 Å². The second kappa shape index (κ2) is 11.2. The number of carbonyl (C=O) groups is 2. The number of benzene rings is 3. The van der Waals surface area contributed by atoms with Crippen molar-refractivity contribution in [3.63, 3.8) is 0 Å². The first-order valence-electron chi connectivity index (χ1n) is 14.6. The lowest BCUT2D eigenvalue weighted by molar-refractivity contribution is -0.131. The number of para-hydroxylation sites is 3. The number of carbonyl (C=O) groups excluding carboxylic acids is 2. The van der Waals surface area contributed by atoms with Gasteiger partial charge in [-0.1, -0.05) is 68.4 Å². The van der Waals surface area contributed by atoms with Gasteiger partial charge in [0, 0.05) is 64.3 Å². The highest BCUT2D eigenvalue weighted by Crippen LogP contribution is 2.40. The molecule has 0 aliphatic rings. The van der Waals surface area contributed by atoms with Crippen LogP contribution >= 0.6 is 0 Å². The Labute approximate surface area is 245 Å². The molecule has 0 bridgehead atoms. The van der Waals surface area contributed by atoms with Crippen LogP contribution in [0.25, 0.3) is 32.7 Å². The number of H-pyrrole nitrogens is 3. The fraction of sp³-hybridized carbons (Fsp3) is 0.257. The molecule has 0 spiro atoms. The van der Waals surface area contributed by atoms with E-state index in [4.69, 9.17) is 0 Å². The zero-order chi connectivity index (χ0) is 29.3. The second-order valence-corrected chi connectivity index (χ2v) is 11.7. The Kier molecular flexibility index (Phi) is 7.33. The Balaban J connectivity index is 1.42. The fourth-order valence-electron chi connectivity index (χ4n) is 6.00. The van der Waals surface area contributed by atoms with Crippen LogP contribution in [0.2, 0.25) is 0 Å². The summed E-state index contributed by atoms with van der Waals surface area (Å²) in [6.07, 6.45) is 7.00. The van der Waals surface area contributed by atoms with Gasteiger partial charge in [0.25, 0.3) is 0 Å². The minimum Gasteiger partial charge on any atom is -0.361 e. The summed E-state index contributed by atoms with van der Waals surface area (Å²) in [6.45, 7) is 6.77. The van der Waals surface area contributed by atoms with E-state index in [-0.39, 0.29) is 11.8 Å². The smallest absolute Gasteiger partial charge is 0.242 e. The van der Waals surface area contributed by atoms with E-state index in [2.05, 4.69) is 39.4 Å². The fourth-order valence-corrected chi connectivity index (χ4v) is 6.00. The van der Waals surface area contributed by atoms with Gasteiger partial charge in [-0.15, -0.1) is 0 Å². The van der Waals surface area contributed by atoms with Crippen molar-refractivity contribution in [3.05, 3.63) is 108 Å². The molecule has 6 aromatic rings. The molecule has 0 aliphatic heterocycles. The van der Waals surface area contributed by atoms with Crippen molar-refractivity contribution in [2.45, 2.75) is 45.1 Å². The van der Waals surface area contributed by atoms with E-state index in [9.17, 15) is 9.59 Å². The number of rotatable bonds is 10. The van der Waals surface area contributed by atoms with Crippen molar-refractivity contribution in [2.75, 3.05) is 6.54 Å². The summed E-state index contributed by atoms with van der Waals surface area (Å²) >= 11 is 0. The molecule has 0 unspecified atom stereocenters. The molecule has 5 N–H and O–H groups in total. The van der Waals surface area contributed by atoms with Crippen LogP contribution in [0.1, 0.15) is 43.9 Å². The number of nitrogens with one attached hydrogen (secondary N) is 5. The van der Waals surface area contributed by atoms with Gasteiger partial charge in [0.15, 0.2) is 0 Å². The highest BCUT2D eigenvalue weighted by Gasteiger charge is 2.42. The minimum atomic E-state index is -1.10. The van der Waals surface area contributed by atoms with Gasteiger partial charge < -0.3 is 25.6 Å². The largest absolute Gasteiger partial charge is 0.361 e. The number of aromatic nitrogens is 3. The minimum absolute atomic E-state index is 0.186. The monoisotopic (exact) mass is 559 g/mol. The van der Waals surface area contributed by atoms with E-state index in [1.807, 2.05) is 98.3 Å². The number of amides is 2. The molecule has 1 atom stereocenters. The van der Waals surface area contributed by atoms with Gasteiger partial charge in [-0.2, -0.15) is 0 Å². The van der Waals surface area contributed by atoms with E-state index in [0.29, 0.717) is 18.9 Å². The lowest BCUT2D eigenvalue weighted by Crippen LogP contribution is -2.53. The van der Waals surface area contributed by atoms with Crippen LogP contribution in [-0.4, -0.2) is 39.4 Å². The summed E-state index contributed by atoms with van der Waals surface area (Å²) in [5.41, 5.74) is 4.49. The molecule has 3 aromatic heterocycles. The average Bonchev–Trinajstić information content (AvgIpc) is 3.73. The molecule has 3 heterocycles. The van der Waals surface area contributed by atoms with Crippen LogP contribution in [0.5, 0.6) is 0 Å². The lowest BCUT2D eigenvalue weighted by Gasteiger charge is -2.31. The zero-order valence-corrected chi connectivity index (χ0v) is 24.3. The maximum absolute atomic E-state index is 14.7. The highest BCUT2D eigenvalue weighted by molar-refractivity contribution is 6.03. The van der Waals surface area contributed by atoms with Crippen molar-refractivity contribution in [3.8, 4) is 0 Å². The van der Waals surface area contributed by atoms with Gasteiger partial charge in [0.2, 0.25) is 11.8 Å². The van der Waals surface area contributed by atoms with Crippen molar-refractivity contribution >= 4 is 44.5 Å². The van der Waals surface area contributed by atoms with Gasteiger partial charge in [-0.3, -0.25) is 9.59 Å². The van der Waals surface area contributed by atoms with Crippen LogP contribution in [0.15, 0.2) is 91.4 Å². The van der Waals surface area contributed by atoms with Gasteiger partial charge >= 0.3 is 0 Å². The third kappa shape index (κ3) is 4.96. The van der Waals surface area contributed by atoms with E-state index in [1.54, 1.807) is 0 Å². The lowest BCUT2D eigenvalue weighted by atomic mass is 9.75. The Bertz CT molecular complexity index is 1800. The van der Waals surface area contributed by atoms with Crippen molar-refractivity contribution in [1.82, 2.24) is 25.6 Å². The molecule has 7 heteroatoms. The molecule has 0 aliphatic carbocycles. The van der Waals surface area contributed by atoms with Crippen molar-refractivity contribution < 1.29 is 9.59 Å². The van der Waals surface area contributed by atoms with Gasteiger partial charge in [0.1, 0.15) is 11.5 Å². The molecule has 214 valence electrons. The number of aromatic amines is 3. The first kappa shape index (κ1) is 27.4. The molecule has 3 aromatic carbocycles. The van der Waals surface area contributed by atoms with E-state index in [1.165, 1.54) is 0 Å². The Morgan fingerprint density at radius 1 is 0.738 bits per heavy atom. The van der Waals surface area contributed by atoms with E-state index >= 15 is 0 Å². The van der Waals surface area contributed by atoms with Crippen LogP contribution in [0.4, 0.5) is 0 Å². The van der Waals surface area contributed by atoms with Crippen LogP contribution in [0.3, 0.4) is 0 Å². The summed E-state index contributed by atoms with van der Waals surface area (Å²) < 4.78 is 0. The quantitative estimate of drug-likeness (QED) is 0.135. The first-order valence-corrected chi connectivity index (χ1v) is 14.6. The third-order valence-electron chi connectivity index (χ3n) is 8.45. The Morgan fingerprint density at radius 2 is 1.24 bits per heavy atom. The predicted octanol–water partition coefficient (Wildman–Crippen LogP) is 6.33. The van der Waals surface area contributed by atoms with Crippen molar-refractivity contribution in [1.29, 1.82) is 0 Å². The summed E-state index contributed by atoms with van der Waals surface area (Å²) in [6, 6.07) is 23.3. The van der Waals surface area contributed by atoms with Gasteiger partial charge in [-0.05, 0) is 54.2 Å². The van der Waals surface area contributed by atoms with E-state index in [0.717, 1.165) is 55.8 Å². The Morgan fingerprint density at radius 3 is 1.81 bits per heavy atom. The van der Waals surface area contributed by atoms with Crippen LogP contribution in [-0.2, 0) is 21.4 Å². The van der Waals surface area contributed by atoms with Crippen LogP contribution in [0, 0.1) is 5.92 Å². The number of hydrogen-bond donors (Lipinski definition) is 5. The van der Waals surface area contributed by atoms with Crippen LogP contribution < -0.4 is 10.6 Å². The third-order valence-corrected chi connectivity index (χ3v) is 8.45. The SMILES string of the molecule is CC(C)CCNC(=O)[C@H](Cc1c[nH]c2ccccc12)NC(=O)C(C)(c1c[nH]c2ccccc12)c1c[nH]c2ccccc12. The molecular weight excluding hydrogens is 522 g/mol. The summed E-state index contributed by atoms with van der Waals surface area (Å²) in [7, 11) is 0. The summed E-state index contributed by atoms with van der Waals surface area (Å²) in [5, 5.41) is 9.28. The second-order valence-electron chi connectivity index (χ2n) is 11.7. The zero-order valence-electron chi connectivity index (χ0n) is 24.3. The molecule has 6 rings (SSSR count). The molecule has 0 saturated heterocycles.